The number of benzene rings is 2. The number of para-hydroxylation sites is 2. The first-order valence-electron chi connectivity index (χ1n) is 8.98. The Balaban J connectivity index is 1.83. The number of rotatable bonds is 3. The fraction of sp³-hybridized carbons (Fsp3) is 0.333. The van der Waals surface area contributed by atoms with Crippen LogP contribution in [-0.2, 0) is 9.53 Å². The fourth-order valence-electron chi connectivity index (χ4n) is 3.11. The Kier molecular flexibility index (Phi) is 5.08. The number of carbonyl (C=O) groups is 2. The number of carbonyl (C=O) groups excluding carboxylic acids is 2. The molecule has 1 aliphatic heterocycles. The highest BCUT2D eigenvalue weighted by molar-refractivity contribution is 6.08. The van der Waals surface area contributed by atoms with E-state index in [2.05, 4.69) is 0 Å². The Morgan fingerprint density at radius 2 is 1.63 bits per heavy atom. The second-order valence-corrected chi connectivity index (χ2v) is 7.58. The van der Waals surface area contributed by atoms with Crippen LogP contribution in [0.3, 0.4) is 0 Å². The molecule has 0 spiro atoms. The second-order valence-electron chi connectivity index (χ2n) is 7.58. The molecule has 0 atom stereocenters. The number of nitrogens with zero attached hydrogens (tertiary/aromatic N) is 2. The molecule has 1 aliphatic rings. The molecule has 27 heavy (non-hydrogen) atoms. The van der Waals surface area contributed by atoms with Gasteiger partial charge in [-0.15, -0.1) is 0 Å². The van der Waals surface area contributed by atoms with E-state index >= 15 is 0 Å². The third-order valence-corrected chi connectivity index (χ3v) is 4.25. The van der Waals surface area contributed by atoms with Gasteiger partial charge in [0.25, 0.3) is 5.91 Å². The van der Waals surface area contributed by atoms with Crippen LogP contribution in [0.2, 0.25) is 0 Å². The number of anilines is 3. The molecule has 0 aromatic heterocycles. The molecule has 2 N–H and O–H groups in total. The molecule has 0 radical (unpaired) electrons. The van der Waals surface area contributed by atoms with Crippen LogP contribution in [0.15, 0.2) is 48.5 Å². The zero-order valence-corrected chi connectivity index (χ0v) is 15.9. The Hall–Kier alpha value is -3.02. The molecule has 3 rings (SSSR count). The van der Waals surface area contributed by atoms with Crippen molar-refractivity contribution in [2.45, 2.75) is 26.4 Å². The lowest BCUT2D eigenvalue weighted by Crippen LogP contribution is -2.46. The zero-order valence-electron chi connectivity index (χ0n) is 15.9. The van der Waals surface area contributed by atoms with E-state index in [1.807, 2.05) is 49.9 Å². The summed E-state index contributed by atoms with van der Waals surface area (Å²) in [6, 6.07) is 14.5. The largest absolute Gasteiger partial charge is 0.459 e. The van der Waals surface area contributed by atoms with E-state index in [0.717, 1.165) is 11.4 Å². The smallest absolute Gasteiger partial charge is 0.326 e. The van der Waals surface area contributed by atoms with E-state index in [1.54, 1.807) is 29.2 Å². The van der Waals surface area contributed by atoms with Gasteiger partial charge in [-0.05, 0) is 57.2 Å². The van der Waals surface area contributed by atoms with Crippen LogP contribution in [-0.4, -0.2) is 37.1 Å². The standard InChI is InChI=1S/C21H25N3O3/c1-21(2,3)27-19(25)14-23-12-13-24(18-7-5-4-6-17(18)23)20(26)15-8-10-16(22)11-9-15/h4-11H,12-14,22H2,1-3H3. The molecule has 2 aromatic rings. The third-order valence-electron chi connectivity index (χ3n) is 4.25. The van der Waals surface area contributed by atoms with Gasteiger partial charge < -0.3 is 20.3 Å². The van der Waals surface area contributed by atoms with Gasteiger partial charge in [-0.3, -0.25) is 9.59 Å². The summed E-state index contributed by atoms with van der Waals surface area (Å²) in [5.74, 6) is -0.366. The summed E-state index contributed by atoms with van der Waals surface area (Å²) in [7, 11) is 0. The molecule has 6 nitrogen and oxygen atoms in total. The van der Waals surface area contributed by atoms with E-state index in [9.17, 15) is 9.59 Å². The molecular weight excluding hydrogens is 342 g/mol. The summed E-state index contributed by atoms with van der Waals surface area (Å²) in [5, 5.41) is 0. The fourth-order valence-corrected chi connectivity index (χ4v) is 3.11. The Labute approximate surface area is 159 Å². The summed E-state index contributed by atoms with van der Waals surface area (Å²) in [6.07, 6.45) is 0. The summed E-state index contributed by atoms with van der Waals surface area (Å²) >= 11 is 0. The molecule has 2 aromatic carbocycles. The first kappa shape index (κ1) is 18.8. The SMILES string of the molecule is CC(C)(C)OC(=O)CN1CCN(C(=O)c2ccc(N)cc2)c2ccccc21. The van der Waals surface area contributed by atoms with E-state index in [0.29, 0.717) is 24.3 Å². The van der Waals surface area contributed by atoms with Gasteiger partial charge >= 0.3 is 5.97 Å². The summed E-state index contributed by atoms with van der Waals surface area (Å²) in [6.45, 7) is 6.74. The van der Waals surface area contributed by atoms with Crippen molar-refractivity contribution >= 4 is 28.9 Å². The number of fused-ring (bicyclic) bond motifs is 1. The third kappa shape index (κ3) is 4.39. The minimum absolute atomic E-state index is 0.0839. The van der Waals surface area contributed by atoms with Gasteiger partial charge in [0, 0.05) is 24.3 Å². The molecule has 1 amide bonds. The lowest BCUT2D eigenvalue weighted by molar-refractivity contribution is -0.153. The van der Waals surface area contributed by atoms with Crippen LogP contribution in [0.1, 0.15) is 31.1 Å². The minimum atomic E-state index is -0.524. The van der Waals surface area contributed by atoms with Gasteiger partial charge in [0.1, 0.15) is 12.1 Å². The van der Waals surface area contributed by atoms with Crippen molar-refractivity contribution < 1.29 is 14.3 Å². The van der Waals surface area contributed by atoms with Crippen LogP contribution in [0.5, 0.6) is 0 Å². The topological polar surface area (TPSA) is 75.9 Å². The second kappa shape index (κ2) is 7.31. The highest BCUT2D eigenvalue weighted by Crippen LogP contribution is 2.33. The zero-order chi connectivity index (χ0) is 19.6. The highest BCUT2D eigenvalue weighted by Gasteiger charge is 2.29. The summed E-state index contributed by atoms with van der Waals surface area (Å²) in [4.78, 5) is 28.9. The van der Waals surface area contributed by atoms with Gasteiger partial charge in [0.05, 0.1) is 11.4 Å². The predicted octanol–water partition coefficient (Wildman–Crippen LogP) is 3.08. The van der Waals surface area contributed by atoms with Gasteiger partial charge in [0.15, 0.2) is 0 Å². The Morgan fingerprint density at radius 1 is 1.00 bits per heavy atom. The van der Waals surface area contributed by atoms with Crippen LogP contribution in [0.25, 0.3) is 0 Å². The van der Waals surface area contributed by atoms with Crippen LogP contribution < -0.4 is 15.5 Å². The predicted molar refractivity (Wildman–Crippen MR) is 107 cm³/mol. The number of nitrogens with two attached hydrogens (primary N) is 1. The number of ether oxygens (including phenoxy) is 1. The van der Waals surface area contributed by atoms with Gasteiger partial charge in [-0.25, -0.2) is 0 Å². The first-order chi connectivity index (χ1) is 12.7. The molecule has 0 aliphatic carbocycles. The van der Waals surface area contributed by atoms with Gasteiger partial charge in [0.2, 0.25) is 0 Å². The van der Waals surface area contributed by atoms with E-state index in [-0.39, 0.29) is 18.4 Å². The number of hydrogen-bond acceptors (Lipinski definition) is 5. The van der Waals surface area contributed by atoms with E-state index in [1.165, 1.54) is 0 Å². The maximum Gasteiger partial charge on any atom is 0.326 e. The van der Waals surface area contributed by atoms with Gasteiger partial charge in [-0.2, -0.15) is 0 Å². The monoisotopic (exact) mass is 367 g/mol. The molecule has 0 fully saturated rings. The molecule has 1 heterocycles. The molecule has 0 unspecified atom stereocenters. The summed E-state index contributed by atoms with van der Waals surface area (Å²) < 4.78 is 5.44. The molecular formula is C21H25N3O3. The maximum atomic E-state index is 13.0. The first-order valence-corrected chi connectivity index (χ1v) is 8.98. The quantitative estimate of drug-likeness (QED) is 0.666. The van der Waals surface area contributed by atoms with E-state index < -0.39 is 5.60 Å². The minimum Gasteiger partial charge on any atom is -0.459 e. The van der Waals surface area contributed by atoms with Crippen molar-refractivity contribution in [3.63, 3.8) is 0 Å². The Bertz CT molecular complexity index is 840. The van der Waals surface area contributed by atoms with Crippen molar-refractivity contribution in [3.8, 4) is 0 Å². The Morgan fingerprint density at radius 3 is 2.26 bits per heavy atom. The number of hydrogen-bond donors (Lipinski definition) is 1. The molecule has 0 saturated heterocycles. The number of esters is 1. The van der Waals surface area contributed by atoms with Crippen LogP contribution >= 0.6 is 0 Å². The lowest BCUT2D eigenvalue weighted by Gasteiger charge is -2.37. The molecule has 6 heteroatoms. The highest BCUT2D eigenvalue weighted by atomic mass is 16.6. The molecule has 0 bridgehead atoms. The van der Waals surface area contributed by atoms with E-state index in [4.69, 9.17) is 10.5 Å². The van der Waals surface area contributed by atoms with Crippen molar-refractivity contribution in [2.24, 2.45) is 0 Å². The van der Waals surface area contributed by atoms with Crippen molar-refractivity contribution in [3.05, 3.63) is 54.1 Å². The van der Waals surface area contributed by atoms with Crippen molar-refractivity contribution in [1.29, 1.82) is 0 Å². The van der Waals surface area contributed by atoms with Gasteiger partial charge in [-0.1, -0.05) is 12.1 Å². The average Bonchev–Trinajstić information content (AvgIpc) is 2.60. The van der Waals surface area contributed by atoms with Crippen LogP contribution in [0.4, 0.5) is 17.1 Å². The normalized spacial score (nSPS) is 13.9. The van der Waals surface area contributed by atoms with Crippen LogP contribution in [0, 0.1) is 0 Å². The average molecular weight is 367 g/mol. The van der Waals surface area contributed by atoms with Crippen molar-refractivity contribution in [2.75, 3.05) is 35.2 Å². The number of amides is 1. The lowest BCUT2D eigenvalue weighted by atomic mass is 10.1. The molecule has 142 valence electrons. The summed E-state index contributed by atoms with van der Waals surface area (Å²) in [5.41, 5.74) is 8.02. The van der Waals surface area contributed by atoms with Crippen molar-refractivity contribution in [1.82, 2.24) is 0 Å². The maximum absolute atomic E-state index is 13.0. The molecule has 0 saturated carbocycles. The number of nitrogen functional groups attached to an aromatic ring is 1.